The quantitative estimate of drug-likeness (QED) is 0.776. The molecule has 18 heavy (non-hydrogen) atoms. The Morgan fingerprint density at radius 1 is 1.44 bits per heavy atom. The zero-order valence-electron chi connectivity index (χ0n) is 10.6. The number of hydrogen-bond acceptors (Lipinski definition) is 7. The summed E-state index contributed by atoms with van der Waals surface area (Å²) < 4.78 is 15.4. The van der Waals surface area contributed by atoms with E-state index < -0.39 is 0 Å². The van der Waals surface area contributed by atoms with Crippen molar-refractivity contribution in [3.63, 3.8) is 0 Å². The first-order valence-electron chi connectivity index (χ1n) is 5.29. The Morgan fingerprint density at radius 3 is 2.67 bits per heavy atom. The van der Waals surface area contributed by atoms with Gasteiger partial charge in [0.05, 0.1) is 19.8 Å². The third-order valence-electron chi connectivity index (χ3n) is 2.38. The molecule has 0 spiro atoms. The molecule has 6 nitrogen and oxygen atoms in total. The maximum atomic E-state index is 8.91. The molecule has 1 unspecified atom stereocenters. The molecule has 0 aliphatic carbocycles. The predicted octanol–water partition coefficient (Wildman–Crippen LogP) is 1.28. The highest BCUT2D eigenvalue weighted by Crippen LogP contribution is 2.41. The number of anilines is 2. The number of ether oxygens (including phenoxy) is 3. The smallest absolute Gasteiger partial charge is 0.177 e. The predicted molar refractivity (Wildman–Crippen MR) is 71.2 cm³/mol. The van der Waals surface area contributed by atoms with Gasteiger partial charge in [0.15, 0.2) is 5.75 Å². The van der Waals surface area contributed by atoms with Crippen LogP contribution in [0, 0.1) is 11.3 Å². The number of hydrogen-bond donors (Lipinski definition) is 2. The van der Waals surface area contributed by atoms with Crippen LogP contribution in [0.4, 0.5) is 10.7 Å². The van der Waals surface area contributed by atoms with Crippen LogP contribution in [0.15, 0.2) is 0 Å². The molecular weight excluding hydrogens is 254 g/mol. The number of thiophene rings is 1. The molecule has 0 fully saturated rings. The van der Waals surface area contributed by atoms with Gasteiger partial charge in [0.25, 0.3) is 0 Å². The summed E-state index contributed by atoms with van der Waals surface area (Å²) in [5, 5.41) is 12.8. The Bertz CT molecular complexity index is 428. The van der Waals surface area contributed by atoms with E-state index in [0.717, 1.165) is 5.00 Å². The molecule has 1 rings (SSSR count). The molecule has 0 amide bonds. The molecular formula is C11H17N3O3S. The number of methoxy groups -OCH3 is 3. The van der Waals surface area contributed by atoms with Crippen LogP contribution in [0.25, 0.3) is 0 Å². The second-order valence-electron chi connectivity index (χ2n) is 3.51. The van der Waals surface area contributed by atoms with Gasteiger partial charge < -0.3 is 25.3 Å². The molecule has 0 aromatic carbocycles. The van der Waals surface area contributed by atoms with Crippen LogP contribution in [0.5, 0.6) is 5.75 Å². The SMILES string of the molecule is COCC(CNc1sc(C#N)c(N)c1OC)OC. The summed E-state index contributed by atoms with van der Waals surface area (Å²) in [6, 6.07) is 2.03. The minimum absolute atomic E-state index is 0.0754. The number of nitrogens with one attached hydrogen (secondary N) is 1. The van der Waals surface area contributed by atoms with Gasteiger partial charge in [-0.3, -0.25) is 0 Å². The van der Waals surface area contributed by atoms with E-state index in [1.807, 2.05) is 6.07 Å². The van der Waals surface area contributed by atoms with Crippen molar-refractivity contribution in [2.24, 2.45) is 0 Å². The Morgan fingerprint density at radius 2 is 2.17 bits per heavy atom. The Hall–Kier alpha value is -1.49. The zero-order valence-corrected chi connectivity index (χ0v) is 11.5. The molecule has 0 aliphatic rings. The van der Waals surface area contributed by atoms with Gasteiger partial charge >= 0.3 is 0 Å². The topological polar surface area (TPSA) is 89.5 Å². The number of nitrogen functional groups attached to an aromatic ring is 1. The average molecular weight is 271 g/mol. The third kappa shape index (κ3) is 3.26. The molecule has 100 valence electrons. The maximum absolute atomic E-state index is 8.91. The molecule has 0 radical (unpaired) electrons. The van der Waals surface area contributed by atoms with Gasteiger partial charge in [0.2, 0.25) is 0 Å². The summed E-state index contributed by atoms with van der Waals surface area (Å²) in [5.74, 6) is 0.504. The fraction of sp³-hybridized carbons (Fsp3) is 0.545. The number of nitriles is 1. The molecule has 1 aromatic heterocycles. The molecule has 3 N–H and O–H groups in total. The van der Waals surface area contributed by atoms with E-state index in [4.69, 9.17) is 25.2 Å². The monoisotopic (exact) mass is 271 g/mol. The van der Waals surface area contributed by atoms with Crippen LogP contribution in [0.1, 0.15) is 4.88 Å². The highest BCUT2D eigenvalue weighted by molar-refractivity contribution is 7.17. The lowest BCUT2D eigenvalue weighted by Crippen LogP contribution is -2.26. The highest BCUT2D eigenvalue weighted by Gasteiger charge is 2.17. The van der Waals surface area contributed by atoms with Crippen LogP contribution >= 0.6 is 11.3 Å². The van der Waals surface area contributed by atoms with Crippen LogP contribution in [-0.4, -0.2) is 40.6 Å². The molecule has 1 aromatic rings. The minimum Gasteiger partial charge on any atom is -0.492 e. The Labute approximate surface area is 110 Å². The van der Waals surface area contributed by atoms with Crippen molar-refractivity contribution in [3.05, 3.63) is 4.88 Å². The van der Waals surface area contributed by atoms with E-state index in [9.17, 15) is 0 Å². The summed E-state index contributed by atoms with van der Waals surface area (Å²) in [5.41, 5.74) is 6.16. The Balaban J connectivity index is 2.75. The van der Waals surface area contributed by atoms with Crippen LogP contribution in [0.3, 0.4) is 0 Å². The van der Waals surface area contributed by atoms with E-state index in [1.54, 1.807) is 14.2 Å². The van der Waals surface area contributed by atoms with Crippen molar-refractivity contribution in [1.82, 2.24) is 0 Å². The van der Waals surface area contributed by atoms with E-state index >= 15 is 0 Å². The van der Waals surface area contributed by atoms with Crippen LogP contribution < -0.4 is 15.8 Å². The van der Waals surface area contributed by atoms with E-state index in [-0.39, 0.29) is 6.10 Å². The highest BCUT2D eigenvalue weighted by atomic mass is 32.1. The number of rotatable bonds is 7. The van der Waals surface area contributed by atoms with E-state index in [2.05, 4.69) is 5.32 Å². The van der Waals surface area contributed by atoms with Gasteiger partial charge in [-0.25, -0.2) is 0 Å². The Kier molecular flexibility index (Phi) is 5.71. The number of nitrogens with two attached hydrogens (primary N) is 1. The first-order valence-corrected chi connectivity index (χ1v) is 6.11. The van der Waals surface area contributed by atoms with Crippen molar-refractivity contribution >= 4 is 22.0 Å². The van der Waals surface area contributed by atoms with Gasteiger partial charge in [0, 0.05) is 20.8 Å². The third-order valence-corrected chi connectivity index (χ3v) is 3.43. The van der Waals surface area contributed by atoms with Gasteiger partial charge in [-0.15, -0.1) is 11.3 Å². The van der Waals surface area contributed by atoms with Gasteiger partial charge in [-0.1, -0.05) is 0 Å². The lowest BCUT2D eigenvalue weighted by atomic mass is 10.3. The van der Waals surface area contributed by atoms with Crippen molar-refractivity contribution in [1.29, 1.82) is 5.26 Å². The van der Waals surface area contributed by atoms with Gasteiger partial charge in [-0.2, -0.15) is 5.26 Å². The summed E-state index contributed by atoms with van der Waals surface area (Å²) in [6.07, 6.45) is -0.0754. The largest absolute Gasteiger partial charge is 0.492 e. The zero-order chi connectivity index (χ0) is 13.5. The summed E-state index contributed by atoms with van der Waals surface area (Å²) in [6.45, 7) is 1.03. The second kappa shape index (κ2) is 7.06. The van der Waals surface area contributed by atoms with Crippen molar-refractivity contribution in [2.75, 3.05) is 45.5 Å². The van der Waals surface area contributed by atoms with Crippen molar-refractivity contribution < 1.29 is 14.2 Å². The van der Waals surface area contributed by atoms with Gasteiger partial charge in [-0.05, 0) is 0 Å². The average Bonchev–Trinajstić information content (AvgIpc) is 2.70. The van der Waals surface area contributed by atoms with Crippen LogP contribution in [0.2, 0.25) is 0 Å². The van der Waals surface area contributed by atoms with E-state index in [1.165, 1.54) is 18.4 Å². The lowest BCUT2D eigenvalue weighted by molar-refractivity contribution is 0.0366. The maximum Gasteiger partial charge on any atom is 0.177 e. The number of nitrogens with zero attached hydrogens (tertiary/aromatic N) is 1. The summed E-state index contributed by atoms with van der Waals surface area (Å²) >= 11 is 1.26. The lowest BCUT2D eigenvalue weighted by Gasteiger charge is -2.15. The molecule has 0 bridgehead atoms. The molecule has 1 atom stereocenters. The molecule has 0 saturated carbocycles. The molecule has 0 saturated heterocycles. The van der Waals surface area contributed by atoms with Crippen LogP contribution in [-0.2, 0) is 9.47 Å². The van der Waals surface area contributed by atoms with Crippen molar-refractivity contribution in [2.45, 2.75) is 6.10 Å². The fourth-order valence-electron chi connectivity index (χ4n) is 1.43. The fourth-order valence-corrected chi connectivity index (χ4v) is 2.33. The summed E-state index contributed by atoms with van der Waals surface area (Å²) in [4.78, 5) is 0.440. The van der Waals surface area contributed by atoms with Crippen molar-refractivity contribution in [3.8, 4) is 11.8 Å². The normalized spacial score (nSPS) is 11.9. The standard InChI is InChI=1S/C11H17N3O3S/c1-15-6-7(16-2)5-14-11-10(17-3)9(13)8(4-12)18-11/h7,14H,5-6,13H2,1-3H3. The summed E-state index contributed by atoms with van der Waals surface area (Å²) in [7, 11) is 4.75. The second-order valence-corrected chi connectivity index (χ2v) is 4.53. The van der Waals surface area contributed by atoms with E-state index in [0.29, 0.717) is 29.5 Å². The molecule has 1 heterocycles. The molecule has 0 aliphatic heterocycles. The first-order chi connectivity index (χ1) is 8.67. The van der Waals surface area contributed by atoms with Gasteiger partial charge in [0.1, 0.15) is 21.6 Å². The first kappa shape index (κ1) is 14.6. The molecule has 7 heteroatoms. The minimum atomic E-state index is -0.0754.